The highest BCUT2D eigenvalue weighted by atomic mass is 16.6. The van der Waals surface area contributed by atoms with E-state index < -0.39 is 4.92 Å². The Morgan fingerprint density at radius 3 is 2.44 bits per heavy atom. The zero-order chi connectivity index (χ0) is 18.0. The fraction of sp³-hybridized carbons (Fsp3) is 0.222. The Balaban J connectivity index is 1.96. The van der Waals surface area contributed by atoms with Gasteiger partial charge in [0.15, 0.2) is 11.5 Å². The van der Waals surface area contributed by atoms with Crippen LogP contribution in [0.1, 0.15) is 18.7 Å². The number of nitro benzene ring substituents is 1. The quantitative estimate of drug-likeness (QED) is 0.523. The predicted molar refractivity (Wildman–Crippen MR) is 94.5 cm³/mol. The fourth-order valence-electron chi connectivity index (χ4n) is 2.66. The Hall–Kier alpha value is -3.22. The normalized spacial score (nSPS) is 12.0. The van der Waals surface area contributed by atoms with Gasteiger partial charge in [0.05, 0.1) is 31.3 Å². The molecule has 0 saturated heterocycles. The molecule has 0 fully saturated rings. The molecule has 0 radical (unpaired) electrons. The van der Waals surface area contributed by atoms with E-state index in [0.29, 0.717) is 22.9 Å². The van der Waals surface area contributed by atoms with Crippen molar-refractivity contribution in [1.82, 2.24) is 0 Å². The summed E-state index contributed by atoms with van der Waals surface area (Å²) in [5.74, 6) is 1.40. The van der Waals surface area contributed by atoms with Crippen molar-refractivity contribution >= 4 is 22.3 Å². The molecule has 0 aliphatic rings. The lowest BCUT2D eigenvalue weighted by Gasteiger charge is -2.15. The number of furan rings is 1. The second-order valence-electron chi connectivity index (χ2n) is 5.53. The minimum Gasteiger partial charge on any atom is -0.493 e. The van der Waals surface area contributed by atoms with Crippen LogP contribution in [-0.4, -0.2) is 19.1 Å². The number of para-hydroxylation sites is 1. The van der Waals surface area contributed by atoms with Crippen molar-refractivity contribution in [2.45, 2.75) is 13.0 Å². The summed E-state index contributed by atoms with van der Waals surface area (Å²) in [6, 6.07) is 12.2. The number of fused-ring (bicyclic) bond motifs is 1. The number of hydrogen-bond acceptors (Lipinski definition) is 6. The number of nitrogens with one attached hydrogen (secondary N) is 1. The molecule has 1 heterocycles. The predicted octanol–water partition coefficient (Wildman–Crippen LogP) is 4.53. The van der Waals surface area contributed by atoms with E-state index in [1.165, 1.54) is 20.3 Å². The van der Waals surface area contributed by atoms with Gasteiger partial charge in [-0.3, -0.25) is 10.1 Å². The number of nitrogens with zero attached hydrogens (tertiary/aromatic N) is 1. The molecule has 0 amide bonds. The highest BCUT2D eigenvalue weighted by Crippen LogP contribution is 2.39. The van der Waals surface area contributed by atoms with E-state index in [1.54, 1.807) is 6.07 Å². The molecule has 2 aromatic carbocycles. The van der Waals surface area contributed by atoms with Crippen molar-refractivity contribution in [3.8, 4) is 11.5 Å². The van der Waals surface area contributed by atoms with Crippen LogP contribution >= 0.6 is 0 Å². The monoisotopic (exact) mass is 342 g/mol. The Bertz CT molecular complexity index is 886. The van der Waals surface area contributed by atoms with Gasteiger partial charge >= 0.3 is 0 Å². The van der Waals surface area contributed by atoms with Crippen LogP contribution in [0, 0.1) is 10.1 Å². The fourth-order valence-corrected chi connectivity index (χ4v) is 2.66. The van der Waals surface area contributed by atoms with E-state index in [1.807, 2.05) is 37.3 Å². The van der Waals surface area contributed by atoms with Gasteiger partial charge in [0.1, 0.15) is 17.0 Å². The van der Waals surface area contributed by atoms with Crippen LogP contribution in [0.2, 0.25) is 0 Å². The molecule has 0 bridgehead atoms. The van der Waals surface area contributed by atoms with Crippen LogP contribution in [-0.2, 0) is 0 Å². The number of nitro groups is 1. The molecular formula is C18H18N2O5. The molecule has 7 nitrogen and oxygen atoms in total. The molecule has 0 saturated carbocycles. The van der Waals surface area contributed by atoms with Crippen molar-refractivity contribution in [2.75, 3.05) is 19.5 Å². The van der Waals surface area contributed by atoms with Crippen molar-refractivity contribution in [2.24, 2.45) is 0 Å². The maximum atomic E-state index is 11.4. The first kappa shape index (κ1) is 16.6. The lowest BCUT2D eigenvalue weighted by molar-refractivity contribution is -0.384. The topological polar surface area (TPSA) is 86.8 Å². The first-order chi connectivity index (χ1) is 12.0. The Kier molecular flexibility index (Phi) is 4.47. The summed E-state index contributed by atoms with van der Waals surface area (Å²) in [6.07, 6.45) is 0. The second-order valence-corrected chi connectivity index (χ2v) is 5.53. The van der Waals surface area contributed by atoms with Gasteiger partial charge in [-0.1, -0.05) is 18.2 Å². The minimum absolute atomic E-state index is 0.0967. The van der Waals surface area contributed by atoms with Crippen molar-refractivity contribution in [1.29, 1.82) is 0 Å². The highest BCUT2D eigenvalue weighted by Gasteiger charge is 2.22. The molecule has 1 aromatic heterocycles. The van der Waals surface area contributed by atoms with E-state index in [4.69, 9.17) is 13.9 Å². The number of rotatable bonds is 6. The van der Waals surface area contributed by atoms with Crippen LogP contribution in [0.25, 0.3) is 11.0 Å². The Morgan fingerprint density at radius 1 is 1.12 bits per heavy atom. The van der Waals surface area contributed by atoms with Gasteiger partial charge in [-0.25, -0.2) is 0 Å². The number of benzene rings is 2. The van der Waals surface area contributed by atoms with Gasteiger partial charge in [-0.05, 0) is 19.1 Å². The van der Waals surface area contributed by atoms with Crippen molar-refractivity contribution in [3.63, 3.8) is 0 Å². The van der Waals surface area contributed by atoms with Crippen LogP contribution in [0.5, 0.6) is 11.5 Å². The smallest absolute Gasteiger partial charge is 0.296 e. The molecular weight excluding hydrogens is 324 g/mol. The van der Waals surface area contributed by atoms with Crippen LogP contribution < -0.4 is 14.8 Å². The van der Waals surface area contributed by atoms with Crippen LogP contribution in [0.15, 0.2) is 46.9 Å². The van der Waals surface area contributed by atoms with Crippen LogP contribution in [0.3, 0.4) is 0 Å². The first-order valence-electron chi connectivity index (χ1n) is 7.69. The number of ether oxygens (including phenoxy) is 2. The van der Waals surface area contributed by atoms with E-state index in [9.17, 15) is 10.1 Å². The third-order valence-corrected chi connectivity index (χ3v) is 3.94. The maximum Gasteiger partial charge on any atom is 0.296 e. The van der Waals surface area contributed by atoms with E-state index in [2.05, 4.69) is 5.32 Å². The zero-order valence-electron chi connectivity index (χ0n) is 14.1. The molecule has 130 valence electrons. The van der Waals surface area contributed by atoms with Gasteiger partial charge in [0.25, 0.3) is 5.69 Å². The van der Waals surface area contributed by atoms with E-state index in [0.717, 1.165) is 11.0 Å². The summed E-state index contributed by atoms with van der Waals surface area (Å²) in [4.78, 5) is 10.9. The molecule has 0 aliphatic heterocycles. The highest BCUT2D eigenvalue weighted by molar-refractivity contribution is 5.78. The molecule has 3 aromatic rings. The zero-order valence-corrected chi connectivity index (χ0v) is 14.1. The summed E-state index contributed by atoms with van der Waals surface area (Å²) in [5.41, 5.74) is 1.00. The molecule has 25 heavy (non-hydrogen) atoms. The van der Waals surface area contributed by atoms with Gasteiger partial charge in [-0.2, -0.15) is 0 Å². The molecule has 7 heteroatoms. The standard InChI is InChI=1S/C18H18N2O5/c1-11(16-8-12-6-4-5-7-15(12)25-16)19-13-9-17(23-2)18(24-3)10-14(13)20(21)22/h4-11,19H,1-3H3/t11-/m1/s1. The van der Waals surface area contributed by atoms with Gasteiger partial charge in [0.2, 0.25) is 0 Å². The number of hydrogen-bond donors (Lipinski definition) is 1. The van der Waals surface area contributed by atoms with Gasteiger partial charge in [0, 0.05) is 11.5 Å². The number of anilines is 1. The van der Waals surface area contributed by atoms with Crippen molar-refractivity contribution < 1.29 is 18.8 Å². The third kappa shape index (κ3) is 3.21. The summed E-state index contributed by atoms with van der Waals surface area (Å²) in [7, 11) is 2.92. The second kappa shape index (κ2) is 6.72. The maximum absolute atomic E-state index is 11.4. The molecule has 0 aliphatic carbocycles. The summed E-state index contributed by atoms with van der Waals surface area (Å²) < 4.78 is 16.2. The van der Waals surface area contributed by atoms with Crippen molar-refractivity contribution in [3.05, 3.63) is 58.3 Å². The average Bonchev–Trinajstić information content (AvgIpc) is 3.05. The number of methoxy groups -OCH3 is 2. The summed E-state index contributed by atoms with van der Waals surface area (Å²) >= 11 is 0. The Morgan fingerprint density at radius 2 is 1.80 bits per heavy atom. The van der Waals surface area contributed by atoms with Gasteiger partial charge < -0.3 is 19.2 Å². The Labute approximate surface area is 144 Å². The first-order valence-corrected chi connectivity index (χ1v) is 7.69. The third-order valence-electron chi connectivity index (χ3n) is 3.94. The lowest BCUT2D eigenvalue weighted by Crippen LogP contribution is -2.08. The molecule has 1 N–H and O–H groups in total. The summed E-state index contributed by atoms with van der Waals surface area (Å²) in [6.45, 7) is 1.87. The van der Waals surface area contributed by atoms with Crippen LogP contribution in [0.4, 0.5) is 11.4 Å². The van der Waals surface area contributed by atoms with E-state index >= 15 is 0 Å². The molecule has 0 unspecified atom stereocenters. The van der Waals surface area contributed by atoms with E-state index in [-0.39, 0.29) is 11.7 Å². The lowest BCUT2D eigenvalue weighted by atomic mass is 10.2. The average molecular weight is 342 g/mol. The van der Waals surface area contributed by atoms with Gasteiger partial charge in [-0.15, -0.1) is 0 Å². The SMILES string of the molecule is COc1cc(N[C@H](C)c2cc3ccccc3o2)c([N+](=O)[O-])cc1OC. The minimum atomic E-state index is -0.463. The molecule has 0 spiro atoms. The summed E-state index contributed by atoms with van der Waals surface area (Å²) in [5, 5.41) is 15.5. The molecule has 3 rings (SSSR count). The largest absolute Gasteiger partial charge is 0.493 e. The molecule has 1 atom stereocenters.